The van der Waals surface area contributed by atoms with Crippen LogP contribution in [0.2, 0.25) is 0 Å². The summed E-state index contributed by atoms with van der Waals surface area (Å²) in [5.41, 5.74) is 4.74. The summed E-state index contributed by atoms with van der Waals surface area (Å²) in [6, 6.07) is 34.6. The molecule has 0 spiro atoms. The lowest BCUT2D eigenvalue weighted by atomic mass is 9.85. The van der Waals surface area contributed by atoms with Crippen LogP contribution in [-0.4, -0.2) is 4.57 Å². The van der Waals surface area contributed by atoms with Crippen molar-refractivity contribution in [1.82, 2.24) is 4.57 Å². The molecule has 0 aliphatic carbocycles. The van der Waals surface area contributed by atoms with Crippen molar-refractivity contribution in [2.75, 3.05) is 0 Å². The average Bonchev–Trinajstić information content (AvgIpc) is 3.50. The highest BCUT2D eigenvalue weighted by molar-refractivity contribution is 6.22. The number of para-hydroxylation sites is 2. The highest BCUT2D eigenvalue weighted by Gasteiger charge is 2.18. The summed E-state index contributed by atoms with van der Waals surface area (Å²) in [5.74, 6) is 0. The van der Waals surface area contributed by atoms with Crippen molar-refractivity contribution in [3.8, 4) is 27.9 Å². The van der Waals surface area contributed by atoms with Crippen molar-refractivity contribution in [3.05, 3.63) is 164 Å². The van der Waals surface area contributed by atoms with Crippen LogP contribution >= 0.6 is 0 Å². The Morgan fingerprint density at radius 3 is 1.63 bits per heavy atom. The van der Waals surface area contributed by atoms with Gasteiger partial charge in [-0.05, 0) is 91.0 Å². The molecule has 0 amide bonds. The molecule has 1 nitrogen and oxygen atoms in total. The van der Waals surface area contributed by atoms with Crippen LogP contribution in [0, 0.1) is 0 Å². The highest BCUT2D eigenvalue weighted by atomic mass is 15.0. The molecule has 0 aliphatic rings. The third-order valence-electron chi connectivity index (χ3n) is 8.39. The zero-order valence-electron chi connectivity index (χ0n) is 30.9. The van der Waals surface area contributed by atoms with Crippen LogP contribution in [0.4, 0.5) is 0 Å². The van der Waals surface area contributed by atoms with E-state index in [4.69, 9.17) is 5.48 Å². The van der Waals surface area contributed by atoms with Gasteiger partial charge in [-0.3, -0.25) is 0 Å². The molecular weight excluding hydrogens is 518 g/mol. The first-order valence-corrected chi connectivity index (χ1v) is 14.2. The summed E-state index contributed by atoms with van der Waals surface area (Å²) in [7, 11) is 0. The smallest absolute Gasteiger partial charge is 0.0629 e. The maximum atomic E-state index is 9.33. The number of aromatic nitrogens is 1. The van der Waals surface area contributed by atoms with Crippen LogP contribution in [0.1, 0.15) is 11.0 Å². The molecule has 1 heterocycles. The second-order valence-electron chi connectivity index (χ2n) is 10.7. The Hall–Kier alpha value is -5.66. The third-order valence-corrected chi connectivity index (χ3v) is 8.39. The monoisotopic (exact) mass is 553 g/mol. The van der Waals surface area contributed by atoms with E-state index in [1.54, 1.807) is 0 Å². The molecule has 0 radical (unpaired) electrons. The summed E-state index contributed by atoms with van der Waals surface area (Å²) in [5, 5.41) is 4.55. The maximum absolute atomic E-state index is 9.33. The van der Waals surface area contributed by atoms with Crippen molar-refractivity contribution >= 4 is 54.1 Å². The standard InChI is InChI=1S/C42H27N/c1-2-14-32(15-3-1)43-39-21-11-10-16-33(39)38-27-31(24-25-40(38)43)42-36-19-8-6-17-34(36)41(35-18-7-9-20-37(35)42)30-23-22-28-12-4-5-13-29(28)26-30/h1-27H/i6D,7D,8D,9D,17D,18D,19D,20D. The van der Waals surface area contributed by atoms with E-state index in [0.717, 1.165) is 38.3 Å². The molecule has 0 unspecified atom stereocenters. The molecule has 1 aromatic heterocycles. The summed E-state index contributed by atoms with van der Waals surface area (Å²) in [4.78, 5) is 0. The molecule has 0 saturated heterocycles. The molecule has 0 saturated carbocycles. The number of rotatable bonds is 3. The van der Waals surface area contributed by atoms with Crippen molar-refractivity contribution in [1.29, 1.82) is 0 Å². The van der Waals surface area contributed by atoms with Gasteiger partial charge in [-0.1, -0.05) is 127 Å². The maximum Gasteiger partial charge on any atom is 0.0629 e. The summed E-state index contributed by atoms with van der Waals surface area (Å²) in [6.07, 6.45) is 0. The van der Waals surface area contributed by atoms with Crippen LogP contribution < -0.4 is 0 Å². The highest BCUT2D eigenvalue weighted by Crippen LogP contribution is 2.45. The average molecular weight is 554 g/mol. The molecule has 0 bridgehead atoms. The molecule has 43 heavy (non-hydrogen) atoms. The Bertz CT molecular complexity index is 2870. The van der Waals surface area contributed by atoms with Gasteiger partial charge in [0.15, 0.2) is 0 Å². The van der Waals surface area contributed by atoms with Gasteiger partial charge in [0.2, 0.25) is 0 Å². The first-order valence-electron chi connectivity index (χ1n) is 18.2. The van der Waals surface area contributed by atoms with Crippen molar-refractivity contribution in [2.24, 2.45) is 0 Å². The Morgan fingerprint density at radius 1 is 0.395 bits per heavy atom. The SMILES string of the molecule is [2H]c1c([2H])c([2H])c2c(-c3ccc4c(c3)c3ccccc3n4-c3ccccc3)c3c([2H])c([2H])c([2H])c([2H])c3c(-c3ccc4ccccc4c3)c2c1[2H]. The van der Waals surface area contributed by atoms with E-state index < -0.39 is 24.2 Å². The minimum absolute atomic E-state index is 0.202. The van der Waals surface area contributed by atoms with E-state index in [9.17, 15) is 5.48 Å². The van der Waals surface area contributed by atoms with Gasteiger partial charge in [0.25, 0.3) is 0 Å². The van der Waals surface area contributed by atoms with Crippen molar-refractivity contribution in [2.45, 2.75) is 0 Å². The van der Waals surface area contributed by atoms with Crippen molar-refractivity contribution in [3.63, 3.8) is 0 Å². The zero-order valence-corrected chi connectivity index (χ0v) is 22.9. The topological polar surface area (TPSA) is 4.93 Å². The van der Waals surface area contributed by atoms with E-state index >= 15 is 0 Å². The predicted molar refractivity (Wildman–Crippen MR) is 184 cm³/mol. The summed E-state index contributed by atoms with van der Waals surface area (Å²) in [6.45, 7) is 0. The van der Waals surface area contributed by atoms with Gasteiger partial charge in [-0.15, -0.1) is 0 Å². The Labute approximate surface area is 261 Å². The van der Waals surface area contributed by atoms with E-state index in [2.05, 4.69) is 10.6 Å². The molecule has 0 N–H and O–H groups in total. The fourth-order valence-electron chi connectivity index (χ4n) is 6.53. The Morgan fingerprint density at radius 2 is 0.930 bits per heavy atom. The first-order chi connectivity index (χ1) is 24.7. The van der Waals surface area contributed by atoms with Gasteiger partial charge in [0.1, 0.15) is 0 Å². The molecule has 200 valence electrons. The van der Waals surface area contributed by atoms with Crippen molar-refractivity contribution < 1.29 is 11.0 Å². The quantitative estimate of drug-likeness (QED) is 0.192. The molecular formula is C42H27N. The normalized spacial score (nSPS) is 14.3. The molecule has 8 aromatic carbocycles. The van der Waals surface area contributed by atoms with Gasteiger partial charge >= 0.3 is 0 Å². The minimum atomic E-state index is -0.417. The second kappa shape index (κ2) is 9.44. The van der Waals surface area contributed by atoms with Crippen LogP contribution in [0.25, 0.3) is 82.1 Å². The predicted octanol–water partition coefficient (Wildman–Crippen LogP) is 11.6. The Balaban J connectivity index is 1.51. The minimum Gasteiger partial charge on any atom is -0.309 e. The lowest BCUT2D eigenvalue weighted by molar-refractivity contribution is 1.18. The molecule has 9 rings (SSSR count). The number of nitrogens with zero attached hydrogens (tertiary/aromatic N) is 1. The van der Waals surface area contributed by atoms with Crippen LogP contribution in [0.15, 0.2) is 164 Å². The lowest BCUT2D eigenvalue weighted by Crippen LogP contribution is -1.93. The third kappa shape index (κ3) is 3.65. The molecule has 9 aromatic rings. The number of hydrogen-bond acceptors (Lipinski definition) is 0. The van der Waals surface area contributed by atoms with E-state index in [0.29, 0.717) is 22.3 Å². The number of benzene rings is 8. The zero-order chi connectivity index (χ0) is 35.3. The summed E-state index contributed by atoms with van der Waals surface area (Å²) < 4.78 is 74.4. The van der Waals surface area contributed by atoms with E-state index in [1.165, 1.54) is 0 Å². The van der Waals surface area contributed by atoms with E-state index in [-0.39, 0.29) is 45.7 Å². The first kappa shape index (κ1) is 17.3. The molecule has 0 aliphatic heterocycles. The fraction of sp³-hybridized carbons (Fsp3) is 0. The van der Waals surface area contributed by atoms with Gasteiger partial charge in [0.05, 0.1) is 22.0 Å². The fourth-order valence-corrected chi connectivity index (χ4v) is 6.53. The van der Waals surface area contributed by atoms with Crippen LogP contribution in [0.5, 0.6) is 0 Å². The van der Waals surface area contributed by atoms with Gasteiger partial charge < -0.3 is 4.57 Å². The van der Waals surface area contributed by atoms with Crippen LogP contribution in [-0.2, 0) is 0 Å². The molecule has 0 atom stereocenters. The lowest BCUT2D eigenvalue weighted by Gasteiger charge is -2.18. The molecule has 1 heteroatoms. The van der Waals surface area contributed by atoms with E-state index in [1.807, 2.05) is 109 Å². The van der Waals surface area contributed by atoms with Gasteiger partial charge in [0, 0.05) is 16.5 Å². The largest absolute Gasteiger partial charge is 0.309 e. The van der Waals surface area contributed by atoms with Crippen LogP contribution in [0.3, 0.4) is 0 Å². The summed E-state index contributed by atoms with van der Waals surface area (Å²) >= 11 is 0. The number of hydrogen-bond donors (Lipinski definition) is 0. The number of fused-ring (bicyclic) bond motifs is 6. The Kier molecular flexibility index (Phi) is 3.80. The van der Waals surface area contributed by atoms with Gasteiger partial charge in [-0.25, -0.2) is 0 Å². The van der Waals surface area contributed by atoms with Gasteiger partial charge in [-0.2, -0.15) is 0 Å². The second-order valence-corrected chi connectivity index (χ2v) is 10.7. The molecule has 0 fully saturated rings.